The van der Waals surface area contributed by atoms with Crippen molar-refractivity contribution >= 4 is 0 Å². The van der Waals surface area contributed by atoms with Crippen molar-refractivity contribution in [3.8, 4) is 0 Å². The normalized spacial score (nSPS) is 13.5. The Kier molecular flexibility index (Phi) is 8.67. The van der Waals surface area contributed by atoms with E-state index in [1.165, 1.54) is 23.1 Å². The molecule has 0 fully saturated rings. The minimum absolute atomic E-state index is 0.389. The number of nitrogens with zero attached hydrogens (tertiary/aromatic N) is 1. The SMILES string of the molecule is CC(C)C[C@@H]([C@H](C)NCc1ccccc1)N(Cc1ccccc1)Cc1ccccc1. The summed E-state index contributed by atoms with van der Waals surface area (Å²) in [6.07, 6.45) is 1.17. The highest BCUT2D eigenvalue weighted by molar-refractivity contribution is 5.18. The van der Waals surface area contributed by atoms with E-state index in [1.807, 2.05) is 0 Å². The summed E-state index contributed by atoms with van der Waals surface area (Å²) in [5.74, 6) is 0.644. The Bertz CT molecular complexity index is 789. The number of hydrogen-bond acceptors (Lipinski definition) is 2. The van der Waals surface area contributed by atoms with E-state index in [0.29, 0.717) is 18.0 Å². The van der Waals surface area contributed by atoms with Crippen LogP contribution < -0.4 is 5.32 Å². The summed E-state index contributed by atoms with van der Waals surface area (Å²) in [6.45, 7) is 9.84. The van der Waals surface area contributed by atoms with Gasteiger partial charge in [0.2, 0.25) is 0 Å². The van der Waals surface area contributed by atoms with E-state index in [2.05, 4.69) is 122 Å². The van der Waals surface area contributed by atoms with Gasteiger partial charge in [-0.3, -0.25) is 4.90 Å². The van der Waals surface area contributed by atoms with Gasteiger partial charge >= 0.3 is 0 Å². The number of nitrogens with one attached hydrogen (secondary N) is 1. The first-order valence-corrected chi connectivity index (χ1v) is 11.2. The molecule has 0 unspecified atom stereocenters. The standard InChI is InChI=1S/C28H36N2/c1-23(2)19-28(24(3)29-20-25-13-7-4-8-14-25)30(21-26-15-9-5-10-16-26)22-27-17-11-6-12-18-27/h4-18,23-24,28-29H,19-22H2,1-3H3/t24-,28-/m0/s1. The predicted octanol–water partition coefficient (Wildman–Crippen LogP) is 6.28. The largest absolute Gasteiger partial charge is 0.309 e. The van der Waals surface area contributed by atoms with E-state index in [4.69, 9.17) is 0 Å². The maximum absolute atomic E-state index is 3.81. The van der Waals surface area contributed by atoms with Crippen molar-refractivity contribution in [1.29, 1.82) is 0 Å². The summed E-state index contributed by atoms with van der Waals surface area (Å²) in [7, 11) is 0. The second-order valence-corrected chi connectivity index (χ2v) is 8.73. The van der Waals surface area contributed by atoms with Crippen LogP contribution in [0.25, 0.3) is 0 Å². The van der Waals surface area contributed by atoms with Crippen LogP contribution in [0, 0.1) is 5.92 Å². The summed E-state index contributed by atoms with van der Waals surface area (Å²) in [4.78, 5) is 2.66. The van der Waals surface area contributed by atoms with Crippen LogP contribution >= 0.6 is 0 Å². The molecule has 0 heterocycles. The molecule has 0 aliphatic carbocycles. The molecule has 30 heavy (non-hydrogen) atoms. The Morgan fingerprint density at radius 2 is 1.07 bits per heavy atom. The molecular weight excluding hydrogens is 364 g/mol. The van der Waals surface area contributed by atoms with Gasteiger partial charge in [0.25, 0.3) is 0 Å². The fourth-order valence-electron chi connectivity index (χ4n) is 4.09. The second kappa shape index (κ2) is 11.7. The average molecular weight is 401 g/mol. The van der Waals surface area contributed by atoms with Crippen molar-refractivity contribution in [3.05, 3.63) is 108 Å². The van der Waals surface area contributed by atoms with Crippen molar-refractivity contribution in [2.75, 3.05) is 0 Å². The van der Waals surface area contributed by atoms with Crippen molar-refractivity contribution in [2.24, 2.45) is 5.92 Å². The number of benzene rings is 3. The van der Waals surface area contributed by atoms with Gasteiger partial charge in [0.05, 0.1) is 0 Å². The first-order chi connectivity index (χ1) is 14.6. The molecular formula is C28H36N2. The third-order valence-electron chi connectivity index (χ3n) is 5.69. The molecule has 158 valence electrons. The zero-order valence-corrected chi connectivity index (χ0v) is 18.7. The smallest absolute Gasteiger partial charge is 0.0256 e. The van der Waals surface area contributed by atoms with Gasteiger partial charge in [0.15, 0.2) is 0 Å². The molecule has 0 radical (unpaired) electrons. The van der Waals surface area contributed by atoms with Gasteiger partial charge in [-0.25, -0.2) is 0 Å². The van der Waals surface area contributed by atoms with Crippen LogP contribution in [0.3, 0.4) is 0 Å². The van der Waals surface area contributed by atoms with E-state index >= 15 is 0 Å². The molecule has 0 amide bonds. The summed E-state index contributed by atoms with van der Waals surface area (Å²) >= 11 is 0. The highest BCUT2D eigenvalue weighted by atomic mass is 15.2. The second-order valence-electron chi connectivity index (χ2n) is 8.73. The molecule has 0 aromatic heterocycles. The maximum atomic E-state index is 3.81. The van der Waals surface area contributed by atoms with Crippen molar-refractivity contribution in [2.45, 2.75) is 58.9 Å². The minimum atomic E-state index is 0.389. The number of hydrogen-bond donors (Lipinski definition) is 1. The lowest BCUT2D eigenvalue weighted by Crippen LogP contribution is -2.48. The van der Waals surface area contributed by atoms with Gasteiger partial charge in [0, 0.05) is 31.7 Å². The molecule has 0 bridgehead atoms. The highest BCUT2D eigenvalue weighted by Gasteiger charge is 2.25. The fraction of sp³-hybridized carbons (Fsp3) is 0.357. The molecule has 0 aliphatic rings. The quantitative estimate of drug-likeness (QED) is 0.407. The molecule has 3 aromatic rings. The fourth-order valence-corrected chi connectivity index (χ4v) is 4.09. The Hall–Kier alpha value is -2.42. The van der Waals surface area contributed by atoms with Gasteiger partial charge < -0.3 is 5.32 Å². The lowest BCUT2D eigenvalue weighted by atomic mass is 9.95. The molecule has 0 saturated carbocycles. The van der Waals surface area contributed by atoms with Gasteiger partial charge in [-0.15, -0.1) is 0 Å². The minimum Gasteiger partial charge on any atom is -0.309 e. The summed E-state index contributed by atoms with van der Waals surface area (Å²) < 4.78 is 0. The van der Waals surface area contributed by atoms with Gasteiger partial charge in [-0.1, -0.05) is 105 Å². The molecule has 0 spiro atoms. The van der Waals surface area contributed by atoms with Gasteiger partial charge in [-0.2, -0.15) is 0 Å². The van der Waals surface area contributed by atoms with Gasteiger partial charge in [0.1, 0.15) is 0 Å². The van der Waals surface area contributed by atoms with Crippen LogP contribution in [0.1, 0.15) is 43.9 Å². The molecule has 3 aromatic carbocycles. The zero-order chi connectivity index (χ0) is 21.2. The highest BCUT2D eigenvalue weighted by Crippen LogP contribution is 2.21. The molecule has 2 heteroatoms. The van der Waals surface area contributed by atoms with Crippen LogP contribution in [0.2, 0.25) is 0 Å². The zero-order valence-electron chi connectivity index (χ0n) is 18.7. The average Bonchev–Trinajstić information content (AvgIpc) is 2.77. The van der Waals surface area contributed by atoms with E-state index in [-0.39, 0.29) is 0 Å². The Balaban J connectivity index is 1.79. The predicted molar refractivity (Wildman–Crippen MR) is 128 cm³/mol. The Labute approximate surface area is 183 Å². The van der Waals surface area contributed by atoms with Crippen LogP contribution in [0.15, 0.2) is 91.0 Å². The van der Waals surface area contributed by atoms with E-state index in [0.717, 1.165) is 19.6 Å². The third-order valence-corrected chi connectivity index (χ3v) is 5.69. The maximum Gasteiger partial charge on any atom is 0.0256 e. The topological polar surface area (TPSA) is 15.3 Å². The van der Waals surface area contributed by atoms with Crippen LogP contribution in [0.5, 0.6) is 0 Å². The van der Waals surface area contributed by atoms with Crippen LogP contribution in [-0.2, 0) is 19.6 Å². The van der Waals surface area contributed by atoms with Crippen molar-refractivity contribution < 1.29 is 0 Å². The molecule has 2 nitrogen and oxygen atoms in total. The van der Waals surface area contributed by atoms with Crippen molar-refractivity contribution in [1.82, 2.24) is 10.2 Å². The summed E-state index contributed by atoms with van der Waals surface area (Å²) in [6, 6.07) is 33.3. The van der Waals surface area contributed by atoms with E-state index in [1.54, 1.807) is 0 Å². The van der Waals surface area contributed by atoms with E-state index in [9.17, 15) is 0 Å². The number of rotatable bonds is 11. The summed E-state index contributed by atoms with van der Waals surface area (Å²) in [5.41, 5.74) is 4.08. The molecule has 3 rings (SSSR count). The molecule has 0 saturated heterocycles. The first kappa shape index (κ1) is 22.3. The first-order valence-electron chi connectivity index (χ1n) is 11.2. The molecule has 1 N–H and O–H groups in total. The lowest BCUT2D eigenvalue weighted by molar-refractivity contribution is 0.124. The van der Waals surface area contributed by atoms with Crippen LogP contribution in [0.4, 0.5) is 0 Å². The monoisotopic (exact) mass is 400 g/mol. The Morgan fingerprint density at radius 3 is 1.50 bits per heavy atom. The Morgan fingerprint density at radius 1 is 0.633 bits per heavy atom. The van der Waals surface area contributed by atoms with E-state index < -0.39 is 0 Å². The summed E-state index contributed by atoms with van der Waals surface area (Å²) in [5, 5.41) is 3.81. The molecule has 2 atom stereocenters. The van der Waals surface area contributed by atoms with Gasteiger partial charge in [-0.05, 0) is 36.0 Å². The third kappa shape index (κ3) is 7.12. The molecule has 0 aliphatic heterocycles. The van der Waals surface area contributed by atoms with Crippen molar-refractivity contribution in [3.63, 3.8) is 0 Å². The lowest BCUT2D eigenvalue weighted by Gasteiger charge is -2.37. The van der Waals surface area contributed by atoms with Crippen LogP contribution in [-0.4, -0.2) is 17.0 Å².